The summed E-state index contributed by atoms with van der Waals surface area (Å²) in [5.74, 6) is 0.392. The third-order valence-electron chi connectivity index (χ3n) is 5.50. The van der Waals surface area contributed by atoms with Gasteiger partial charge in [0.15, 0.2) is 0 Å². The minimum absolute atomic E-state index is 0.160. The number of nitrogens with zero attached hydrogens (tertiary/aromatic N) is 4. The molecule has 3 heterocycles. The molecule has 1 N–H and O–H groups in total. The quantitative estimate of drug-likeness (QED) is 0.869. The van der Waals surface area contributed by atoms with Crippen molar-refractivity contribution < 1.29 is 4.79 Å². The van der Waals surface area contributed by atoms with Crippen molar-refractivity contribution in [3.05, 3.63) is 18.0 Å². The van der Waals surface area contributed by atoms with Gasteiger partial charge in [0.05, 0.1) is 12.1 Å². The Kier molecular flexibility index (Phi) is 5.89. The first-order chi connectivity index (χ1) is 11.6. The second-order valence-corrected chi connectivity index (χ2v) is 7.43. The monoisotopic (exact) mass is 333 g/mol. The van der Waals surface area contributed by atoms with Crippen molar-refractivity contribution in [3.63, 3.8) is 0 Å². The van der Waals surface area contributed by atoms with Crippen molar-refractivity contribution in [2.24, 2.45) is 13.0 Å². The Balaban J connectivity index is 1.42. The van der Waals surface area contributed by atoms with E-state index in [0.29, 0.717) is 12.6 Å². The van der Waals surface area contributed by atoms with Crippen LogP contribution in [-0.4, -0.2) is 71.3 Å². The zero-order valence-corrected chi connectivity index (χ0v) is 15.1. The van der Waals surface area contributed by atoms with Crippen LogP contribution in [0, 0.1) is 5.92 Å². The van der Waals surface area contributed by atoms with Gasteiger partial charge in [0, 0.05) is 32.4 Å². The number of likely N-dealkylation sites (tertiary alicyclic amines) is 2. The van der Waals surface area contributed by atoms with Crippen molar-refractivity contribution in [2.45, 2.75) is 38.1 Å². The Morgan fingerprint density at radius 3 is 2.75 bits per heavy atom. The number of hydrogen-bond acceptors (Lipinski definition) is 4. The molecule has 1 aromatic rings. The SMILES string of the molecule is CN1CCC(N2CCC[C@@H](C(=O)NCCc3cnn(C)c3)C2)CC1. The number of piperidine rings is 2. The van der Waals surface area contributed by atoms with Gasteiger partial charge >= 0.3 is 0 Å². The lowest BCUT2D eigenvalue weighted by molar-refractivity contribution is -0.127. The Labute approximate surface area is 145 Å². The Hall–Kier alpha value is -1.40. The van der Waals surface area contributed by atoms with Crippen LogP contribution in [0.4, 0.5) is 0 Å². The average molecular weight is 333 g/mol. The highest BCUT2D eigenvalue weighted by molar-refractivity contribution is 5.78. The lowest BCUT2D eigenvalue weighted by Crippen LogP contribution is -2.50. The van der Waals surface area contributed by atoms with Gasteiger partial charge in [0.25, 0.3) is 0 Å². The fraction of sp³-hybridized carbons (Fsp3) is 0.778. The smallest absolute Gasteiger partial charge is 0.224 e. The maximum Gasteiger partial charge on any atom is 0.224 e. The summed E-state index contributed by atoms with van der Waals surface area (Å²) in [5.41, 5.74) is 1.18. The largest absolute Gasteiger partial charge is 0.355 e. The highest BCUT2D eigenvalue weighted by Crippen LogP contribution is 2.23. The van der Waals surface area contributed by atoms with Crippen LogP contribution in [-0.2, 0) is 18.3 Å². The van der Waals surface area contributed by atoms with Gasteiger partial charge in [-0.15, -0.1) is 0 Å². The van der Waals surface area contributed by atoms with Crippen LogP contribution in [0.3, 0.4) is 0 Å². The van der Waals surface area contributed by atoms with E-state index in [1.807, 2.05) is 19.4 Å². The van der Waals surface area contributed by atoms with Gasteiger partial charge in [-0.3, -0.25) is 14.4 Å². The molecule has 2 aliphatic heterocycles. The molecule has 0 aliphatic carbocycles. The van der Waals surface area contributed by atoms with E-state index < -0.39 is 0 Å². The van der Waals surface area contributed by atoms with Crippen LogP contribution in [0.2, 0.25) is 0 Å². The summed E-state index contributed by atoms with van der Waals surface area (Å²) in [7, 11) is 4.12. The minimum atomic E-state index is 0.160. The number of carbonyl (C=O) groups excluding carboxylic acids is 1. The van der Waals surface area contributed by atoms with Gasteiger partial charge < -0.3 is 10.2 Å². The third kappa shape index (κ3) is 4.57. The molecule has 0 spiro atoms. The first kappa shape index (κ1) is 17.4. The molecule has 1 aromatic heterocycles. The molecule has 3 rings (SSSR count). The summed E-state index contributed by atoms with van der Waals surface area (Å²) in [6.45, 7) is 5.17. The summed E-state index contributed by atoms with van der Waals surface area (Å²) < 4.78 is 1.80. The predicted molar refractivity (Wildman–Crippen MR) is 94.7 cm³/mol. The van der Waals surface area contributed by atoms with Crippen LogP contribution in [0.5, 0.6) is 0 Å². The number of aryl methyl sites for hydroxylation is 1. The number of amides is 1. The maximum atomic E-state index is 12.5. The molecule has 0 saturated carbocycles. The molecule has 2 fully saturated rings. The highest BCUT2D eigenvalue weighted by Gasteiger charge is 2.30. The number of hydrogen-bond donors (Lipinski definition) is 1. The lowest BCUT2D eigenvalue weighted by Gasteiger charge is -2.41. The number of carbonyl (C=O) groups is 1. The van der Waals surface area contributed by atoms with Crippen molar-refractivity contribution in [2.75, 3.05) is 39.8 Å². The Morgan fingerprint density at radius 2 is 2.04 bits per heavy atom. The number of rotatable bonds is 5. The number of nitrogens with one attached hydrogen (secondary N) is 1. The summed E-state index contributed by atoms with van der Waals surface area (Å²) in [6, 6.07) is 0.673. The predicted octanol–water partition coefficient (Wildman–Crippen LogP) is 0.885. The van der Waals surface area contributed by atoms with Crippen LogP contribution >= 0.6 is 0 Å². The normalized spacial score (nSPS) is 24.2. The van der Waals surface area contributed by atoms with Gasteiger partial charge in [-0.1, -0.05) is 0 Å². The Bertz CT molecular complexity index is 535. The molecule has 0 bridgehead atoms. The number of aromatic nitrogens is 2. The summed E-state index contributed by atoms with van der Waals surface area (Å²) >= 11 is 0. The molecule has 24 heavy (non-hydrogen) atoms. The van der Waals surface area contributed by atoms with E-state index in [4.69, 9.17) is 0 Å². The van der Waals surface area contributed by atoms with E-state index in [9.17, 15) is 4.79 Å². The van der Waals surface area contributed by atoms with Crippen LogP contribution in [0.1, 0.15) is 31.2 Å². The molecular weight excluding hydrogens is 302 g/mol. The second kappa shape index (κ2) is 8.12. The van der Waals surface area contributed by atoms with E-state index in [0.717, 1.165) is 32.4 Å². The van der Waals surface area contributed by atoms with E-state index in [1.165, 1.54) is 31.5 Å². The molecule has 1 atom stereocenters. The van der Waals surface area contributed by atoms with Crippen LogP contribution in [0.15, 0.2) is 12.4 Å². The van der Waals surface area contributed by atoms with E-state index in [2.05, 4.69) is 27.3 Å². The molecule has 134 valence electrons. The van der Waals surface area contributed by atoms with Crippen molar-refractivity contribution in [1.29, 1.82) is 0 Å². The van der Waals surface area contributed by atoms with E-state index in [1.54, 1.807) is 4.68 Å². The standard InChI is InChI=1S/C18H31N5O/c1-21-10-6-17(7-11-21)23-9-3-4-16(14-23)18(24)19-8-5-15-12-20-22(2)13-15/h12-13,16-17H,3-11,14H2,1-2H3,(H,19,24)/t16-/m1/s1. The van der Waals surface area contributed by atoms with Crippen molar-refractivity contribution >= 4 is 5.91 Å². The minimum Gasteiger partial charge on any atom is -0.355 e. The van der Waals surface area contributed by atoms with Crippen molar-refractivity contribution in [1.82, 2.24) is 24.9 Å². The van der Waals surface area contributed by atoms with Gasteiger partial charge in [0.2, 0.25) is 5.91 Å². The molecule has 0 aromatic carbocycles. The first-order valence-corrected chi connectivity index (χ1v) is 9.29. The summed E-state index contributed by atoms with van der Waals surface area (Å²) in [4.78, 5) is 17.5. The van der Waals surface area contributed by atoms with E-state index in [-0.39, 0.29) is 11.8 Å². The average Bonchev–Trinajstić information content (AvgIpc) is 3.01. The molecule has 6 nitrogen and oxygen atoms in total. The van der Waals surface area contributed by atoms with Gasteiger partial charge in [-0.05, 0) is 64.3 Å². The van der Waals surface area contributed by atoms with Gasteiger partial charge in [-0.2, -0.15) is 5.10 Å². The Morgan fingerprint density at radius 1 is 1.25 bits per heavy atom. The molecule has 2 aliphatic rings. The van der Waals surface area contributed by atoms with Crippen LogP contribution in [0.25, 0.3) is 0 Å². The van der Waals surface area contributed by atoms with Crippen molar-refractivity contribution in [3.8, 4) is 0 Å². The van der Waals surface area contributed by atoms with Gasteiger partial charge in [-0.25, -0.2) is 0 Å². The highest BCUT2D eigenvalue weighted by atomic mass is 16.1. The van der Waals surface area contributed by atoms with E-state index >= 15 is 0 Å². The zero-order valence-electron chi connectivity index (χ0n) is 15.1. The summed E-state index contributed by atoms with van der Waals surface area (Å²) in [6.07, 6.45) is 9.39. The summed E-state index contributed by atoms with van der Waals surface area (Å²) in [5, 5.41) is 7.29. The van der Waals surface area contributed by atoms with Crippen LogP contribution < -0.4 is 5.32 Å². The van der Waals surface area contributed by atoms with Gasteiger partial charge in [0.1, 0.15) is 0 Å². The second-order valence-electron chi connectivity index (χ2n) is 7.43. The molecule has 6 heteroatoms. The maximum absolute atomic E-state index is 12.5. The zero-order chi connectivity index (χ0) is 16.9. The third-order valence-corrected chi connectivity index (χ3v) is 5.50. The molecular formula is C18H31N5O. The first-order valence-electron chi connectivity index (χ1n) is 9.29. The fourth-order valence-electron chi connectivity index (χ4n) is 3.99. The molecule has 0 radical (unpaired) electrons. The molecule has 0 unspecified atom stereocenters. The lowest BCUT2D eigenvalue weighted by atomic mass is 9.93. The fourth-order valence-corrected chi connectivity index (χ4v) is 3.99. The molecule has 1 amide bonds. The topological polar surface area (TPSA) is 53.4 Å². The molecule has 2 saturated heterocycles.